The lowest BCUT2D eigenvalue weighted by atomic mass is 9.97. The lowest BCUT2D eigenvalue weighted by molar-refractivity contribution is -0.151. The average Bonchev–Trinajstić information content (AvgIpc) is 2.30. The second-order valence-electron chi connectivity index (χ2n) is 3.85. The van der Waals surface area contributed by atoms with Crippen molar-refractivity contribution in [2.45, 2.75) is 26.2 Å². The Morgan fingerprint density at radius 1 is 1.38 bits per heavy atom. The summed E-state index contributed by atoms with van der Waals surface area (Å²) in [5.41, 5.74) is 0. The Bertz CT molecular complexity index is 224. The number of carbonyl (C=O) groups excluding carboxylic acids is 2. The topological polar surface area (TPSA) is 46.6 Å². The number of likely N-dealkylation sites (tertiary alicyclic amines) is 1. The summed E-state index contributed by atoms with van der Waals surface area (Å²) in [5.74, 6) is 0.264. The molecule has 0 bridgehead atoms. The van der Waals surface area contributed by atoms with Crippen LogP contribution >= 0.6 is 11.6 Å². The largest absolute Gasteiger partial charge is 0.466 e. The standard InChI is InChI=1S/C11H18ClNO3/c1-2-16-11(15)9-4-7-13(8-5-9)10(14)3-6-12/h9H,2-8H2,1H3. The highest BCUT2D eigenvalue weighted by molar-refractivity contribution is 6.18. The molecule has 0 aromatic carbocycles. The molecule has 92 valence electrons. The van der Waals surface area contributed by atoms with Crippen molar-refractivity contribution in [3.05, 3.63) is 0 Å². The molecule has 1 amide bonds. The first-order valence-electron chi connectivity index (χ1n) is 5.69. The van der Waals surface area contributed by atoms with Gasteiger partial charge >= 0.3 is 5.97 Å². The van der Waals surface area contributed by atoms with Gasteiger partial charge in [-0.1, -0.05) is 0 Å². The minimum absolute atomic E-state index is 0.0417. The minimum Gasteiger partial charge on any atom is -0.466 e. The summed E-state index contributed by atoms with van der Waals surface area (Å²) in [6, 6.07) is 0. The molecule has 0 aliphatic carbocycles. The van der Waals surface area contributed by atoms with E-state index in [1.54, 1.807) is 11.8 Å². The number of amides is 1. The number of carbonyl (C=O) groups is 2. The lowest BCUT2D eigenvalue weighted by Gasteiger charge is -2.30. The molecular formula is C11H18ClNO3. The summed E-state index contributed by atoms with van der Waals surface area (Å²) < 4.78 is 4.96. The summed E-state index contributed by atoms with van der Waals surface area (Å²) in [6.07, 6.45) is 1.78. The molecule has 1 aliphatic heterocycles. The van der Waals surface area contributed by atoms with Gasteiger partial charge in [-0.3, -0.25) is 9.59 Å². The first-order valence-corrected chi connectivity index (χ1v) is 6.22. The maximum absolute atomic E-state index is 11.5. The van der Waals surface area contributed by atoms with E-state index in [0.717, 1.165) is 0 Å². The summed E-state index contributed by atoms with van der Waals surface area (Å²) in [6.45, 7) is 3.50. The predicted molar refractivity (Wildman–Crippen MR) is 61.3 cm³/mol. The van der Waals surface area contributed by atoms with Crippen molar-refractivity contribution < 1.29 is 14.3 Å². The summed E-state index contributed by atoms with van der Waals surface area (Å²) in [4.78, 5) is 24.8. The molecule has 1 heterocycles. The van der Waals surface area contributed by atoms with E-state index < -0.39 is 0 Å². The zero-order valence-electron chi connectivity index (χ0n) is 9.58. The van der Waals surface area contributed by atoms with Crippen LogP contribution in [0.25, 0.3) is 0 Å². The molecule has 16 heavy (non-hydrogen) atoms. The van der Waals surface area contributed by atoms with Gasteiger partial charge in [-0.25, -0.2) is 0 Å². The van der Waals surface area contributed by atoms with Gasteiger partial charge < -0.3 is 9.64 Å². The highest BCUT2D eigenvalue weighted by Gasteiger charge is 2.27. The van der Waals surface area contributed by atoms with Crippen molar-refractivity contribution in [3.63, 3.8) is 0 Å². The van der Waals surface area contributed by atoms with Crippen LogP contribution in [-0.4, -0.2) is 42.4 Å². The van der Waals surface area contributed by atoms with E-state index >= 15 is 0 Å². The van der Waals surface area contributed by atoms with Crippen molar-refractivity contribution in [2.75, 3.05) is 25.6 Å². The molecule has 1 aliphatic rings. The fourth-order valence-electron chi connectivity index (χ4n) is 1.86. The Kier molecular flexibility index (Phi) is 5.60. The Hall–Kier alpha value is -0.770. The highest BCUT2D eigenvalue weighted by Crippen LogP contribution is 2.19. The third-order valence-electron chi connectivity index (χ3n) is 2.78. The molecule has 4 nitrogen and oxygen atoms in total. The monoisotopic (exact) mass is 247 g/mol. The number of hydrogen-bond donors (Lipinski definition) is 0. The molecule has 0 N–H and O–H groups in total. The molecule has 0 saturated carbocycles. The molecule has 1 saturated heterocycles. The van der Waals surface area contributed by atoms with E-state index in [2.05, 4.69) is 0 Å². The molecular weight excluding hydrogens is 230 g/mol. The van der Waals surface area contributed by atoms with Crippen LogP contribution in [0.1, 0.15) is 26.2 Å². The van der Waals surface area contributed by atoms with E-state index in [-0.39, 0.29) is 17.8 Å². The second kappa shape index (κ2) is 6.74. The van der Waals surface area contributed by atoms with E-state index in [1.165, 1.54) is 0 Å². The second-order valence-corrected chi connectivity index (χ2v) is 4.22. The number of ether oxygens (including phenoxy) is 1. The third kappa shape index (κ3) is 3.67. The van der Waals surface area contributed by atoms with Gasteiger partial charge in [-0.15, -0.1) is 11.6 Å². The van der Waals surface area contributed by atoms with Crippen LogP contribution in [0.4, 0.5) is 0 Å². The Labute approximate surface area is 101 Å². The van der Waals surface area contributed by atoms with Gasteiger partial charge in [0, 0.05) is 25.4 Å². The highest BCUT2D eigenvalue weighted by atomic mass is 35.5. The Morgan fingerprint density at radius 3 is 2.50 bits per heavy atom. The van der Waals surface area contributed by atoms with Gasteiger partial charge in [-0.2, -0.15) is 0 Å². The normalized spacial score (nSPS) is 17.2. The van der Waals surface area contributed by atoms with Gasteiger partial charge in [0.25, 0.3) is 0 Å². The summed E-state index contributed by atoms with van der Waals surface area (Å²) in [5, 5.41) is 0. The number of hydrogen-bond acceptors (Lipinski definition) is 3. The number of nitrogens with zero attached hydrogens (tertiary/aromatic N) is 1. The van der Waals surface area contributed by atoms with Gasteiger partial charge in [0.15, 0.2) is 0 Å². The van der Waals surface area contributed by atoms with E-state index in [4.69, 9.17) is 16.3 Å². The fraction of sp³-hybridized carbons (Fsp3) is 0.818. The van der Waals surface area contributed by atoms with Crippen LogP contribution < -0.4 is 0 Å². The van der Waals surface area contributed by atoms with Crippen LogP contribution in [-0.2, 0) is 14.3 Å². The number of rotatable bonds is 4. The number of esters is 1. The minimum atomic E-state index is -0.132. The van der Waals surface area contributed by atoms with Crippen molar-refractivity contribution >= 4 is 23.5 Å². The first-order chi connectivity index (χ1) is 7.69. The molecule has 0 aromatic rings. The lowest BCUT2D eigenvalue weighted by Crippen LogP contribution is -2.40. The Morgan fingerprint density at radius 2 is 2.00 bits per heavy atom. The SMILES string of the molecule is CCOC(=O)C1CCN(C(=O)CCCl)CC1. The molecule has 0 atom stereocenters. The molecule has 0 unspecified atom stereocenters. The molecule has 0 radical (unpaired) electrons. The zero-order valence-corrected chi connectivity index (χ0v) is 10.3. The smallest absolute Gasteiger partial charge is 0.309 e. The van der Waals surface area contributed by atoms with Crippen molar-refractivity contribution in [1.82, 2.24) is 4.90 Å². The zero-order chi connectivity index (χ0) is 12.0. The van der Waals surface area contributed by atoms with Gasteiger partial charge in [0.2, 0.25) is 5.91 Å². The summed E-state index contributed by atoms with van der Waals surface area (Å²) in [7, 11) is 0. The fourth-order valence-corrected chi connectivity index (χ4v) is 2.03. The van der Waals surface area contributed by atoms with Crippen LogP contribution in [0.5, 0.6) is 0 Å². The molecule has 5 heteroatoms. The number of alkyl halides is 1. The Balaban J connectivity index is 2.33. The quantitative estimate of drug-likeness (QED) is 0.558. The van der Waals surface area contributed by atoms with Crippen LogP contribution in [0.2, 0.25) is 0 Å². The average molecular weight is 248 g/mol. The van der Waals surface area contributed by atoms with Crippen molar-refractivity contribution in [3.8, 4) is 0 Å². The van der Waals surface area contributed by atoms with Crippen molar-refractivity contribution in [2.24, 2.45) is 5.92 Å². The molecule has 0 spiro atoms. The van der Waals surface area contributed by atoms with Gasteiger partial charge in [0.1, 0.15) is 0 Å². The number of piperidine rings is 1. The maximum Gasteiger partial charge on any atom is 0.309 e. The van der Waals surface area contributed by atoms with E-state index in [9.17, 15) is 9.59 Å². The maximum atomic E-state index is 11.5. The third-order valence-corrected chi connectivity index (χ3v) is 2.96. The van der Waals surface area contributed by atoms with E-state index in [1.807, 2.05) is 0 Å². The predicted octanol–water partition coefficient (Wildman–Crippen LogP) is 1.42. The molecule has 1 rings (SSSR count). The van der Waals surface area contributed by atoms with Crippen LogP contribution in [0, 0.1) is 5.92 Å². The summed E-state index contributed by atoms with van der Waals surface area (Å²) >= 11 is 5.51. The van der Waals surface area contributed by atoms with Crippen molar-refractivity contribution in [1.29, 1.82) is 0 Å². The van der Waals surface area contributed by atoms with Gasteiger partial charge in [-0.05, 0) is 19.8 Å². The van der Waals surface area contributed by atoms with E-state index in [0.29, 0.717) is 44.8 Å². The van der Waals surface area contributed by atoms with Crippen LogP contribution in [0.15, 0.2) is 0 Å². The molecule has 1 fully saturated rings. The van der Waals surface area contributed by atoms with Crippen LogP contribution in [0.3, 0.4) is 0 Å². The first kappa shape index (κ1) is 13.3. The van der Waals surface area contributed by atoms with Gasteiger partial charge in [0.05, 0.1) is 12.5 Å². The number of halogens is 1. The molecule has 0 aromatic heterocycles.